The second-order valence-corrected chi connectivity index (χ2v) is 6.76. The minimum atomic E-state index is -0.368. The fourth-order valence-electron chi connectivity index (χ4n) is 3.27. The van der Waals surface area contributed by atoms with Gasteiger partial charge in [-0.25, -0.2) is 24.0 Å². The topological polar surface area (TPSA) is 115 Å². The number of hydrogen-bond acceptors (Lipinski definition) is 8. The highest BCUT2D eigenvalue weighted by Crippen LogP contribution is 2.21. The number of aromatic nitrogens is 6. The van der Waals surface area contributed by atoms with E-state index in [1.807, 2.05) is 16.4 Å². The zero-order valence-electron chi connectivity index (χ0n) is 16.2. The summed E-state index contributed by atoms with van der Waals surface area (Å²) >= 11 is 0. The molecule has 11 heteroatoms. The highest BCUT2D eigenvalue weighted by molar-refractivity contribution is 5.92. The molecule has 0 aliphatic carbocycles. The SMILES string of the molecule is CCc1ncnc(N2CCc3nc(C(=O)NCc4nonc4C)cn3CC2)c1F. The molecule has 1 aliphatic rings. The van der Waals surface area contributed by atoms with Crippen molar-refractivity contribution >= 4 is 11.7 Å². The smallest absolute Gasteiger partial charge is 0.271 e. The van der Waals surface area contributed by atoms with Crippen LogP contribution in [0.5, 0.6) is 0 Å². The van der Waals surface area contributed by atoms with Crippen LogP contribution in [0.25, 0.3) is 0 Å². The van der Waals surface area contributed by atoms with Crippen molar-refractivity contribution in [3.05, 3.63) is 46.9 Å². The largest absolute Gasteiger partial charge is 0.352 e. The van der Waals surface area contributed by atoms with Crippen LogP contribution in [-0.2, 0) is 25.9 Å². The fourth-order valence-corrected chi connectivity index (χ4v) is 3.27. The van der Waals surface area contributed by atoms with E-state index in [2.05, 4.69) is 35.2 Å². The number of rotatable bonds is 5. The van der Waals surface area contributed by atoms with Crippen LogP contribution < -0.4 is 10.2 Å². The van der Waals surface area contributed by atoms with Gasteiger partial charge in [0.1, 0.15) is 29.2 Å². The summed E-state index contributed by atoms with van der Waals surface area (Å²) in [7, 11) is 0. The number of amides is 1. The number of imidazole rings is 1. The van der Waals surface area contributed by atoms with Crippen molar-refractivity contribution in [2.24, 2.45) is 0 Å². The van der Waals surface area contributed by atoms with Crippen LogP contribution in [0.1, 0.15) is 40.3 Å². The summed E-state index contributed by atoms with van der Waals surface area (Å²) in [4.78, 5) is 26.9. The predicted octanol–water partition coefficient (Wildman–Crippen LogP) is 1.06. The van der Waals surface area contributed by atoms with E-state index in [9.17, 15) is 9.18 Å². The number of fused-ring (bicyclic) bond motifs is 1. The first-order valence-electron chi connectivity index (χ1n) is 9.43. The molecule has 0 radical (unpaired) electrons. The van der Waals surface area contributed by atoms with Crippen LogP contribution >= 0.6 is 0 Å². The number of carbonyl (C=O) groups is 1. The second-order valence-electron chi connectivity index (χ2n) is 6.76. The maximum absolute atomic E-state index is 14.6. The quantitative estimate of drug-likeness (QED) is 0.676. The van der Waals surface area contributed by atoms with Gasteiger partial charge >= 0.3 is 0 Å². The molecule has 3 aromatic rings. The molecule has 0 spiro atoms. The van der Waals surface area contributed by atoms with E-state index in [1.165, 1.54) is 6.33 Å². The molecule has 0 fully saturated rings. The number of nitrogens with zero attached hydrogens (tertiary/aromatic N) is 7. The maximum Gasteiger partial charge on any atom is 0.271 e. The molecule has 1 amide bonds. The van der Waals surface area contributed by atoms with Crippen LogP contribution in [0.2, 0.25) is 0 Å². The Balaban J connectivity index is 1.43. The first-order valence-corrected chi connectivity index (χ1v) is 9.43. The zero-order valence-corrected chi connectivity index (χ0v) is 16.2. The molecule has 0 atom stereocenters. The molecule has 0 bridgehead atoms. The molecule has 1 aliphatic heterocycles. The molecular weight excluding hydrogens is 379 g/mol. The Bertz CT molecular complexity index is 1010. The molecule has 1 N–H and O–H groups in total. The van der Waals surface area contributed by atoms with Crippen molar-refractivity contribution < 1.29 is 13.8 Å². The minimum absolute atomic E-state index is 0.219. The molecule has 0 saturated carbocycles. The molecule has 10 nitrogen and oxygen atoms in total. The Morgan fingerprint density at radius 1 is 1.24 bits per heavy atom. The molecule has 0 unspecified atom stereocenters. The first-order chi connectivity index (χ1) is 14.1. The molecule has 0 saturated heterocycles. The van der Waals surface area contributed by atoms with Gasteiger partial charge in [-0.1, -0.05) is 17.2 Å². The summed E-state index contributed by atoms with van der Waals surface area (Å²) in [6, 6.07) is 0. The van der Waals surface area contributed by atoms with Crippen LogP contribution in [0.3, 0.4) is 0 Å². The Morgan fingerprint density at radius 3 is 2.86 bits per heavy atom. The molecule has 0 aromatic carbocycles. The lowest BCUT2D eigenvalue weighted by atomic mass is 10.3. The van der Waals surface area contributed by atoms with Gasteiger partial charge in [0.05, 0.1) is 12.2 Å². The Hall–Kier alpha value is -3.37. The number of nitrogens with one attached hydrogen (secondary N) is 1. The zero-order chi connectivity index (χ0) is 20.4. The van der Waals surface area contributed by atoms with Crippen LogP contribution in [0.15, 0.2) is 17.2 Å². The number of halogens is 1. The number of carbonyl (C=O) groups excluding carboxylic acids is 1. The predicted molar refractivity (Wildman–Crippen MR) is 99.7 cm³/mol. The second kappa shape index (κ2) is 7.94. The van der Waals surface area contributed by atoms with Gasteiger partial charge in [0.25, 0.3) is 5.91 Å². The van der Waals surface area contributed by atoms with E-state index in [0.717, 1.165) is 5.82 Å². The number of anilines is 1. The summed E-state index contributed by atoms with van der Waals surface area (Å²) in [5.74, 6) is 0.436. The highest BCUT2D eigenvalue weighted by Gasteiger charge is 2.22. The third kappa shape index (κ3) is 3.80. The summed E-state index contributed by atoms with van der Waals surface area (Å²) < 4.78 is 21.1. The van der Waals surface area contributed by atoms with Gasteiger partial charge in [0, 0.05) is 32.3 Å². The lowest BCUT2D eigenvalue weighted by Crippen LogP contribution is -2.29. The third-order valence-corrected chi connectivity index (χ3v) is 4.95. The molecule has 3 aromatic heterocycles. The highest BCUT2D eigenvalue weighted by atomic mass is 19.1. The normalized spacial score (nSPS) is 13.8. The summed E-state index contributed by atoms with van der Waals surface area (Å²) in [6.07, 6.45) is 4.20. The Kier molecular flexibility index (Phi) is 5.19. The van der Waals surface area contributed by atoms with E-state index in [1.54, 1.807) is 13.1 Å². The van der Waals surface area contributed by atoms with E-state index in [0.29, 0.717) is 61.1 Å². The van der Waals surface area contributed by atoms with Gasteiger partial charge in [-0.05, 0) is 13.3 Å². The summed E-state index contributed by atoms with van der Waals surface area (Å²) in [5.41, 5.74) is 1.96. The van der Waals surface area contributed by atoms with Crippen LogP contribution in [0, 0.1) is 12.7 Å². The lowest BCUT2D eigenvalue weighted by molar-refractivity contribution is 0.0945. The van der Waals surface area contributed by atoms with E-state index in [-0.39, 0.29) is 18.3 Å². The average Bonchev–Trinajstić information content (AvgIpc) is 3.27. The molecular formula is C18H21FN8O2. The number of aryl methyl sites for hydroxylation is 2. The first kappa shape index (κ1) is 19.0. The Labute approximate surface area is 166 Å². The molecule has 4 heterocycles. The van der Waals surface area contributed by atoms with Crippen molar-refractivity contribution in [2.75, 3.05) is 18.0 Å². The van der Waals surface area contributed by atoms with Crippen molar-refractivity contribution in [3.63, 3.8) is 0 Å². The summed E-state index contributed by atoms with van der Waals surface area (Å²) in [5, 5.41) is 10.2. The number of hydrogen-bond donors (Lipinski definition) is 1. The Morgan fingerprint density at radius 2 is 2.10 bits per heavy atom. The van der Waals surface area contributed by atoms with Crippen molar-refractivity contribution in [1.29, 1.82) is 0 Å². The van der Waals surface area contributed by atoms with E-state index < -0.39 is 0 Å². The lowest BCUT2D eigenvalue weighted by Gasteiger charge is -2.21. The van der Waals surface area contributed by atoms with E-state index in [4.69, 9.17) is 0 Å². The van der Waals surface area contributed by atoms with Gasteiger partial charge in [0.2, 0.25) is 0 Å². The van der Waals surface area contributed by atoms with Crippen molar-refractivity contribution in [3.8, 4) is 0 Å². The van der Waals surface area contributed by atoms with Gasteiger partial charge in [-0.15, -0.1) is 0 Å². The van der Waals surface area contributed by atoms with Crippen molar-refractivity contribution in [1.82, 2.24) is 35.1 Å². The summed E-state index contributed by atoms with van der Waals surface area (Å²) in [6.45, 7) is 5.53. The monoisotopic (exact) mass is 400 g/mol. The molecule has 4 rings (SSSR count). The molecule has 152 valence electrons. The van der Waals surface area contributed by atoms with Crippen molar-refractivity contribution in [2.45, 2.75) is 39.8 Å². The maximum atomic E-state index is 14.6. The molecule has 29 heavy (non-hydrogen) atoms. The van der Waals surface area contributed by atoms with Crippen LogP contribution in [-0.4, -0.2) is 48.8 Å². The van der Waals surface area contributed by atoms with Gasteiger partial charge in [-0.3, -0.25) is 4.79 Å². The van der Waals surface area contributed by atoms with E-state index >= 15 is 0 Å². The standard InChI is InChI=1S/C18H21FN8O2/c1-3-12-16(19)17(22-10-21-12)26-5-4-15-23-14(9-27(15)7-6-26)18(28)20-8-13-11(2)24-29-25-13/h9-10H,3-8H2,1-2H3,(H,20,28). The van der Waals surface area contributed by atoms with Gasteiger partial charge in [0.15, 0.2) is 11.6 Å². The van der Waals surface area contributed by atoms with Gasteiger partial charge in [-0.2, -0.15) is 0 Å². The average molecular weight is 400 g/mol. The fraction of sp³-hybridized carbons (Fsp3) is 0.444. The third-order valence-electron chi connectivity index (χ3n) is 4.95. The van der Waals surface area contributed by atoms with Gasteiger partial charge < -0.3 is 14.8 Å². The van der Waals surface area contributed by atoms with Crippen LogP contribution in [0.4, 0.5) is 10.2 Å². The minimum Gasteiger partial charge on any atom is -0.352 e.